The van der Waals surface area contributed by atoms with Crippen molar-refractivity contribution in [2.45, 2.75) is 11.8 Å². The van der Waals surface area contributed by atoms with E-state index in [2.05, 4.69) is 19.9 Å². The minimum Gasteiger partial charge on any atom is -0.341 e. The molecule has 116 valence electrons. The summed E-state index contributed by atoms with van der Waals surface area (Å²) in [6.45, 7) is 6.07. The molecule has 0 aromatic heterocycles. The maximum absolute atomic E-state index is 12.2. The van der Waals surface area contributed by atoms with Gasteiger partial charge < -0.3 is 10.6 Å². The number of sulfonamides is 1. The van der Waals surface area contributed by atoms with Crippen molar-refractivity contribution in [3.8, 4) is 0 Å². The van der Waals surface area contributed by atoms with Gasteiger partial charge in [-0.05, 0) is 24.6 Å². The summed E-state index contributed by atoms with van der Waals surface area (Å²) in [4.78, 5) is 2.46. The highest BCUT2D eigenvalue weighted by Gasteiger charge is 2.26. The van der Waals surface area contributed by atoms with Gasteiger partial charge in [-0.15, -0.1) is 16.8 Å². The van der Waals surface area contributed by atoms with Crippen LogP contribution in [0.2, 0.25) is 0 Å². The Hall–Kier alpha value is -1.15. The molecule has 1 fully saturated rings. The number of hydrogen-bond acceptors (Lipinski definition) is 5. The Morgan fingerprint density at radius 1 is 1.29 bits per heavy atom. The van der Waals surface area contributed by atoms with Gasteiger partial charge in [-0.2, -0.15) is 8.42 Å². The molecule has 0 unspecified atom stereocenters. The SMILES string of the molecule is Cc1ccc2c(c1)S(=O)(=O)N=C(CN1CCNCC1)N2.Cl. The van der Waals surface area contributed by atoms with Gasteiger partial charge in [-0.3, -0.25) is 4.90 Å². The van der Waals surface area contributed by atoms with E-state index in [0.29, 0.717) is 18.1 Å². The minimum absolute atomic E-state index is 0. The lowest BCUT2D eigenvalue weighted by Gasteiger charge is -2.29. The van der Waals surface area contributed by atoms with Crippen molar-refractivity contribution in [3.63, 3.8) is 0 Å². The van der Waals surface area contributed by atoms with Gasteiger partial charge in [0.2, 0.25) is 0 Å². The number of fused-ring (bicyclic) bond motifs is 1. The summed E-state index contributed by atoms with van der Waals surface area (Å²) in [5, 5.41) is 6.41. The third-order valence-electron chi connectivity index (χ3n) is 3.51. The molecule has 0 saturated carbocycles. The summed E-state index contributed by atoms with van der Waals surface area (Å²) < 4.78 is 28.3. The van der Waals surface area contributed by atoms with Crippen molar-refractivity contribution in [1.82, 2.24) is 10.2 Å². The van der Waals surface area contributed by atoms with E-state index in [1.807, 2.05) is 13.0 Å². The first kappa shape index (κ1) is 16.2. The summed E-state index contributed by atoms with van der Waals surface area (Å²) in [6.07, 6.45) is 0. The molecule has 0 aliphatic carbocycles. The first-order valence-electron chi connectivity index (χ1n) is 6.69. The number of halogens is 1. The van der Waals surface area contributed by atoms with Crippen LogP contribution in [0.25, 0.3) is 0 Å². The Morgan fingerprint density at radius 2 is 2.00 bits per heavy atom. The lowest BCUT2D eigenvalue weighted by Crippen LogP contribution is -2.47. The van der Waals surface area contributed by atoms with Gasteiger partial charge in [-0.1, -0.05) is 6.07 Å². The van der Waals surface area contributed by atoms with E-state index >= 15 is 0 Å². The lowest BCUT2D eigenvalue weighted by atomic mass is 10.2. The average Bonchev–Trinajstić information content (AvgIpc) is 2.40. The molecule has 0 spiro atoms. The number of nitrogens with zero attached hydrogens (tertiary/aromatic N) is 2. The zero-order valence-corrected chi connectivity index (χ0v) is 13.4. The molecule has 1 saturated heterocycles. The molecule has 1 aromatic rings. The predicted molar refractivity (Wildman–Crippen MR) is 86.0 cm³/mol. The number of benzene rings is 1. The average molecular weight is 331 g/mol. The van der Waals surface area contributed by atoms with Gasteiger partial charge >= 0.3 is 0 Å². The zero-order chi connectivity index (χ0) is 14.2. The van der Waals surface area contributed by atoms with Crippen molar-refractivity contribution in [1.29, 1.82) is 0 Å². The fraction of sp³-hybridized carbons (Fsp3) is 0.462. The summed E-state index contributed by atoms with van der Waals surface area (Å²) in [5.41, 5.74) is 1.53. The van der Waals surface area contributed by atoms with Crippen molar-refractivity contribution < 1.29 is 8.42 Å². The molecule has 2 heterocycles. The molecule has 8 heteroatoms. The largest absolute Gasteiger partial charge is 0.341 e. The number of piperazine rings is 1. The predicted octanol–water partition coefficient (Wildman–Crippen LogP) is 0.835. The number of nitrogens with one attached hydrogen (secondary N) is 2. The van der Waals surface area contributed by atoms with E-state index in [1.54, 1.807) is 12.1 Å². The number of anilines is 1. The van der Waals surface area contributed by atoms with Gasteiger partial charge in [0.25, 0.3) is 10.0 Å². The molecule has 1 aromatic carbocycles. The highest BCUT2D eigenvalue weighted by molar-refractivity contribution is 7.90. The molecule has 2 aliphatic heterocycles. The fourth-order valence-electron chi connectivity index (χ4n) is 2.47. The van der Waals surface area contributed by atoms with Crippen LogP contribution in [0.3, 0.4) is 0 Å². The van der Waals surface area contributed by atoms with Crippen LogP contribution in [-0.4, -0.2) is 51.9 Å². The Labute approximate surface area is 131 Å². The maximum atomic E-state index is 12.2. The molecule has 21 heavy (non-hydrogen) atoms. The Bertz CT molecular complexity index is 654. The van der Waals surface area contributed by atoms with E-state index in [4.69, 9.17) is 0 Å². The van der Waals surface area contributed by atoms with Crippen LogP contribution in [0.4, 0.5) is 5.69 Å². The monoisotopic (exact) mass is 330 g/mol. The van der Waals surface area contributed by atoms with Crippen LogP contribution in [0.5, 0.6) is 0 Å². The van der Waals surface area contributed by atoms with Crippen LogP contribution in [0.15, 0.2) is 27.5 Å². The molecular formula is C13H19ClN4O2S. The smallest absolute Gasteiger partial charge is 0.286 e. The first-order valence-corrected chi connectivity index (χ1v) is 8.13. The number of rotatable bonds is 2. The molecule has 2 aliphatic rings. The van der Waals surface area contributed by atoms with Crippen molar-refractivity contribution >= 4 is 34.0 Å². The van der Waals surface area contributed by atoms with Crippen LogP contribution in [0.1, 0.15) is 5.56 Å². The second-order valence-corrected chi connectivity index (χ2v) is 6.74. The van der Waals surface area contributed by atoms with Crippen molar-refractivity contribution in [2.24, 2.45) is 4.40 Å². The summed E-state index contributed by atoms with van der Waals surface area (Å²) >= 11 is 0. The summed E-state index contributed by atoms with van der Waals surface area (Å²) in [5.74, 6) is 0.503. The van der Waals surface area contributed by atoms with Crippen molar-refractivity contribution in [3.05, 3.63) is 23.8 Å². The molecule has 3 rings (SSSR count). The van der Waals surface area contributed by atoms with Crippen LogP contribution < -0.4 is 10.6 Å². The van der Waals surface area contributed by atoms with Crippen LogP contribution >= 0.6 is 12.4 Å². The van der Waals surface area contributed by atoms with Gasteiger partial charge in [0, 0.05) is 26.2 Å². The topological polar surface area (TPSA) is 73.8 Å². The Morgan fingerprint density at radius 3 is 2.71 bits per heavy atom. The molecule has 0 amide bonds. The summed E-state index contributed by atoms with van der Waals surface area (Å²) in [6, 6.07) is 5.35. The highest BCUT2D eigenvalue weighted by atomic mass is 35.5. The normalized spacial score (nSPS) is 20.7. The van der Waals surface area contributed by atoms with Crippen molar-refractivity contribution in [2.75, 3.05) is 38.0 Å². The van der Waals surface area contributed by atoms with Gasteiger partial charge in [0.15, 0.2) is 0 Å². The third kappa shape index (κ3) is 3.55. The number of amidine groups is 1. The van der Waals surface area contributed by atoms with E-state index in [-0.39, 0.29) is 17.3 Å². The lowest BCUT2D eigenvalue weighted by molar-refractivity contribution is 0.272. The molecule has 0 atom stereocenters. The quantitative estimate of drug-likeness (QED) is 0.840. The summed E-state index contributed by atoms with van der Waals surface area (Å²) in [7, 11) is -3.58. The Balaban J connectivity index is 0.00000161. The number of aryl methyl sites for hydroxylation is 1. The second-order valence-electron chi connectivity index (χ2n) is 5.16. The van der Waals surface area contributed by atoms with E-state index in [0.717, 1.165) is 31.7 Å². The van der Waals surface area contributed by atoms with E-state index < -0.39 is 10.0 Å². The zero-order valence-electron chi connectivity index (χ0n) is 11.8. The van der Waals surface area contributed by atoms with Crippen LogP contribution in [-0.2, 0) is 10.0 Å². The van der Waals surface area contributed by atoms with Gasteiger partial charge in [0.05, 0.1) is 12.2 Å². The van der Waals surface area contributed by atoms with E-state index in [9.17, 15) is 8.42 Å². The molecular weight excluding hydrogens is 312 g/mol. The van der Waals surface area contributed by atoms with Crippen LogP contribution in [0, 0.1) is 6.92 Å². The number of hydrogen-bond donors (Lipinski definition) is 2. The first-order chi connectivity index (χ1) is 9.54. The standard InChI is InChI=1S/C13H18N4O2S.ClH/c1-10-2-3-11-12(8-10)20(18,19)16-13(15-11)9-17-6-4-14-5-7-17;/h2-3,8,14H,4-7,9H2,1H3,(H,15,16);1H. The molecule has 2 N–H and O–H groups in total. The van der Waals surface area contributed by atoms with Gasteiger partial charge in [0.1, 0.15) is 10.7 Å². The third-order valence-corrected chi connectivity index (χ3v) is 4.86. The van der Waals surface area contributed by atoms with E-state index in [1.165, 1.54) is 0 Å². The highest BCUT2D eigenvalue weighted by Crippen LogP contribution is 2.28. The molecule has 0 radical (unpaired) electrons. The molecule has 0 bridgehead atoms. The molecule has 6 nitrogen and oxygen atoms in total. The second kappa shape index (κ2) is 6.31. The van der Waals surface area contributed by atoms with Gasteiger partial charge in [-0.25, -0.2) is 0 Å². The Kier molecular flexibility index (Phi) is 4.88. The fourth-order valence-corrected chi connectivity index (χ4v) is 3.69. The minimum atomic E-state index is -3.58. The maximum Gasteiger partial charge on any atom is 0.286 e.